The second-order valence-corrected chi connectivity index (χ2v) is 11.7. The molecule has 1 saturated carbocycles. The average Bonchev–Trinajstić information content (AvgIpc) is 2.76. The maximum Gasteiger partial charge on any atom is 0.257 e. The van der Waals surface area contributed by atoms with Gasteiger partial charge in [-0.3, -0.25) is 4.79 Å². The predicted molar refractivity (Wildman–Crippen MR) is 127 cm³/mol. The van der Waals surface area contributed by atoms with Crippen LogP contribution in [0.25, 0.3) is 0 Å². The molecule has 3 fully saturated rings. The Bertz CT molecular complexity index is 554. The first-order chi connectivity index (χ1) is 13.5. The molecule has 0 aromatic carbocycles. The van der Waals surface area contributed by atoms with E-state index >= 15 is 0 Å². The standard InChI is InChI=1S/C25H46N2O2.CH4/c1-20(2)27-21(28)24(18-22(3,4)26-23(5,6)19-24)29-25(27)16-14-12-10-8-7-9-11-13-15-17-25;/h20,26H,7-19H2,1-6H3;1H4. The van der Waals surface area contributed by atoms with Gasteiger partial charge in [0.25, 0.3) is 5.91 Å². The number of nitrogens with one attached hydrogen (secondary N) is 1. The van der Waals surface area contributed by atoms with Crippen molar-refractivity contribution < 1.29 is 9.53 Å². The first-order valence-electron chi connectivity index (χ1n) is 12.3. The number of ether oxygens (including phenoxy) is 1. The number of carbonyl (C=O) groups is 1. The second-order valence-electron chi connectivity index (χ2n) is 11.7. The Hall–Kier alpha value is -0.610. The van der Waals surface area contributed by atoms with Gasteiger partial charge in [0.15, 0.2) is 5.60 Å². The molecular formula is C26H50N2O2. The largest absolute Gasteiger partial charge is 0.339 e. The second kappa shape index (κ2) is 9.48. The van der Waals surface area contributed by atoms with Crippen LogP contribution < -0.4 is 5.32 Å². The van der Waals surface area contributed by atoms with Crippen molar-refractivity contribution in [1.29, 1.82) is 0 Å². The minimum Gasteiger partial charge on any atom is -0.339 e. The molecule has 3 rings (SSSR count). The molecule has 1 N–H and O–H groups in total. The Labute approximate surface area is 186 Å². The van der Waals surface area contributed by atoms with Gasteiger partial charge in [0, 0.05) is 30.0 Å². The van der Waals surface area contributed by atoms with Gasteiger partial charge >= 0.3 is 0 Å². The van der Waals surface area contributed by atoms with E-state index in [1.807, 2.05) is 0 Å². The fourth-order valence-corrected chi connectivity index (χ4v) is 6.79. The third kappa shape index (κ3) is 5.41. The maximum atomic E-state index is 14.0. The van der Waals surface area contributed by atoms with E-state index in [1.54, 1.807) is 0 Å². The summed E-state index contributed by atoms with van der Waals surface area (Å²) in [6.07, 6.45) is 15.1. The Kier molecular flexibility index (Phi) is 8.11. The van der Waals surface area contributed by atoms with Crippen LogP contribution in [0.2, 0.25) is 0 Å². The molecule has 30 heavy (non-hydrogen) atoms. The summed E-state index contributed by atoms with van der Waals surface area (Å²) in [4.78, 5) is 16.2. The van der Waals surface area contributed by atoms with Crippen LogP contribution in [-0.2, 0) is 9.53 Å². The highest BCUT2D eigenvalue weighted by atomic mass is 16.6. The van der Waals surface area contributed by atoms with Gasteiger partial charge in [-0.05, 0) is 67.2 Å². The van der Waals surface area contributed by atoms with Crippen molar-refractivity contribution in [2.24, 2.45) is 0 Å². The molecular weight excluding hydrogens is 372 g/mol. The van der Waals surface area contributed by atoms with Crippen LogP contribution in [0.3, 0.4) is 0 Å². The highest BCUT2D eigenvalue weighted by molar-refractivity contribution is 5.88. The first-order valence-corrected chi connectivity index (χ1v) is 12.3. The van der Waals surface area contributed by atoms with Crippen LogP contribution in [0, 0.1) is 0 Å². The molecule has 2 spiro atoms. The Morgan fingerprint density at radius 1 is 0.800 bits per heavy atom. The van der Waals surface area contributed by atoms with Crippen molar-refractivity contribution in [2.45, 2.75) is 161 Å². The van der Waals surface area contributed by atoms with Crippen LogP contribution in [-0.4, -0.2) is 39.3 Å². The van der Waals surface area contributed by atoms with Gasteiger partial charge in [-0.25, -0.2) is 0 Å². The zero-order valence-electron chi connectivity index (χ0n) is 20.0. The van der Waals surface area contributed by atoms with Crippen molar-refractivity contribution in [3.63, 3.8) is 0 Å². The highest BCUT2D eigenvalue weighted by Crippen LogP contribution is 2.51. The fraction of sp³-hybridized carbons (Fsp3) is 0.962. The van der Waals surface area contributed by atoms with Gasteiger partial charge in [0.05, 0.1) is 0 Å². The lowest BCUT2D eigenvalue weighted by Crippen LogP contribution is -2.65. The summed E-state index contributed by atoms with van der Waals surface area (Å²) >= 11 is 0. The number of hydrogen-bond donors (Lipinski definition) is 1. The number of amides is 1. The minimum atomic E-state index is -0.681. The predicted octanol–water partition coefficient (Wildman–Crippen LogP) is 6.57. The van der Waals surface area contributed by atoms with Crippen LogP contribution >= 0.6 is 0 Å². The lowest BCUT2D eigenvalue weighted by molar-refractivity contribution is -0.179. The lowest BCUT2D eigenvalue weighted by Gasteiger charge is -2.50. The summed E-state index contributed by atoms with van der Waals surface area (Å²) in [6.45, 7) is 13.2. The molecule has 2 saturated heterocycles. The van der Waals surface area contributed by atoms with Gasteiger partial charge in [-0.15, -0.1) is 0 Å². The SMILES string of the molecule is C.CC(C)N1C(=O)C2(CC(C)(C)NC(C)(C)C2)OC12CCCCCCCCCCC2. The number of nitrogens with zero attached hydrogens (tertiary/aromatic N) is 1. The van der Waals surface area contributed by atoms with Crippen molar-refractivity contribution in [3.05, 3.63) is 0 Å². The average molecular weight is 423 g/mol. The monoisotopic (exact) mass is 422 g/mol. The number of carbonyl (C=O) groups excluding carboxylic acids is 1. The number of rotatable bonds is 1. The van der Waals surface area contributed by atoms with Gasteiger partial charge in [0.1, 0.15) is 5.72 Å². The molecule has 1 aliphatic carbocycles. The van der Waals surface area contributed by atoms with Crippen molar-refractivity contribution in [2.75, 3.05) is 0 Å². The van der Waals surface area contributed by atoms with Gasteiger partial charge in [-0.2, -0.15) is 0 Å². The van der Waals surface area contributed by atoms with E-state index in [2.05, 4.69) is 51.8 Å². The molecule has 0 atom stereocenters. The molecule has 3 aliphatic rings. The molecule has 0 radical (unpaired) electrons. The third-order valence-electron chi connectivity index (χ3n) is 7.22. The zero-order chi connectivity index (χ0) is 21.3. The van der Waals surface area contributed by atoms with Crippen molar-refractivity contribution >= 4 is 5.91 Å². The molecule has 1 amide bonds. The van der Waals surface area contributed by atoms with Gasteiger partial charge in [-0.1, -0.05) is 52.4 Å². The van der Waals surface area contributed by atoms with E-state index in [4.69, 9.17) is 4.74 Å². The van der Waals surface area contributed by atoms with E-state index in [1.165, 1.54) is 44.9 Å². The number of piperidine rings is 1. The molecule has 2 aliphatic heterocycles. The maximum absolute atomic E-state index is 14.0. The van der Waals surface area contributed by atoms with E-state index < -0.39 is 11.3 Å². The van der Waals surface area contributed by atoms with Crippen LogP contribution in [0.1, 0.15) is 132 Å². The molecule has 0 bridgehead atoms. The Morgan fingerprint density at radius 3 is 1.60 bits per heavy atom. The quantitative estimate of drug-likeness (QED) is 0.519. The Morgan fingerprint density at radius 2 is 1.20 bits per heavy atom. The summed E-state index contributed by atoms with van der Waals surface area (Å²) in [5.41, 5.74) is -1.32. The molecule has 176 valence electrons. The summed E-state index contributed by atoms with van der Waals surface area (Å²) in [6, 6.07) is 0.177. The summed E-state index contributed by atoms with van der Waals surface area (Å²) in [5, 5.41) is 3.74. The lowest BCUT2D eigenvalue weighted by atomic mass is 9.72. The summed E-state index contributed by atoms with van der Waals surface area (Å²) in [5.74, 6) is 0.252. The highest BCUT2D eigenvalue weighted by Gasteiger charge is 2.64. The number of hydrogen-bond acceptors (Lipinski definition) is 3. The molecule has 4 nitrogen and oxygen atoms in total. The fourth-order valence-electron chi connectivity index (χ4n) is 6.79. The smallest absolute Gasteiger partial charge is 0.257 e. The molecule has 4 heteroatoms. The molecule has 0 aromatic heterocycles. The first kappa shape index (κ1) is 25.6. The van der Waals surface area contributed by atoms with Gasteiger partial charge in [0.2, 0.25) is 0 Å². The zero-order valence-corrected chi connectivity index (χ0v) is 20.0. The topological polar surface area (TPSA) is 41.6 Å². The van der Waals surface area contributed by atoms with Crippen molar-refractivity contribution in [3.8, 4) is 0 Å². The summed E-state index contributed by atoms with van der Waals surface area (Å²) in [7, 11) is 0. The van der Waals surface area contributed by atoms with E-state index in [0.717, 1.165) is 38.5 Å². The van der Waals surface area contributed by atoms with Gasteiger partial charge < -0.3 is 15.0 Å². The summed E-state index contributed by atoms with van der Waals surface area (Å²) < 4.78 is 7.12. The van der Waals surface area contributed by atoms with Crippen LogP contribution in [0.5, 0.6) is 0 Å². The van der Waals surface area contributed by atoms with E-state index in [9.17, 15) is 4.79 Å². The molecule has 0 aromatic rings. The molecule has 2 heterocycles. The Balaban J connectivity index is 0.00000320. The van der Waals surface area contributed by atoms with Crippen LogP contribution in [0.4, 0.5) is 0 Å². The minimum absolute atomic E-state index is 0. The van der Waals surface area contributed by atoms with Crippen molar-refractivity contribution in [1.82, 2.24) is 10.2 Å². The third-order valence-corrected chi connectivity index (χ3v) is 7.22. The van der Waals surface area contributed by atoms with E-state index in [-0.39, 0.29) is 30.5 Å². The van der Waals surface area contributed by atoms with Crippen LogP contribution in [0.15, 0.2) is 0 Å². The normalized spacial score (nSPS) is 28.8. The molecule has 0 unspecified atom stereocenters. The van der Waals surface area contributed by atoms with E-state index in [0.29, 0.717) is 0 Å².